The van der Waals surface area contributed by atoms with E-state index in [9.17, 15) is 9.59 Å². The first-order chi connectivity index (χ1) is 13.5. The van der Waals surface area contributed by atoms with E-state index in [2.05, 4.69) is 0 Å². The van der Waals surface area contributed by atoms with E-state index < -0.39 is 6.10 Å². The molecule has 3 aliphatic rings. The van der Waals surface area contributed by atoms with Crippen molar-refractivity contribution < 1.29 is 19.1 Å². The molecule has 3 aliphatic heterocycles. The summed E-state index contributed by atoms with van der Waals surface area (Å²) < 4.78 is 11.4. The van der Waals surface area contributed by atoms with Crippen LogP contribution in [0, 0.1) is 0 Å². The van der Waals surface area contributed by atoms with Gasteiger partial charge in [-0.3, -0.25) is 9.59 Å². The van der Waals surface area contributed by atoms with E-state index in [0.717, 1.165) is 30.6 Å². The van der Waals surface area contributed by atoms with Crippen molar-refractivity contribution in [2.75, 3.05) is 33.4 Å². The Bertz CT molecular complexity index is 788. The van der Waals surface area contributed by atoms with Gasteiger partial charge in [-0.2, -0.15) is 0 Å². The van der Waals surface area contributed by atoms with Crippen molar-refractivity contribution in [2.45, 2.75) is 43.7 Å². The van der Waals surface area contributed by atoms with Gasteiger partial charge >= 0.3 is 0 Å². The molecule has 152 valence electrons. The summed E-state index contributed by atoms with van der Waals surface area (Å²) in [4.78, 5) is 28.5. The fourth-order valence-corrected chi connectivity index (χ4v) is 5.06. The Morgan fingerprint density at radius 3 is 2.79 bits per heavy atom. The fraction of sp³-hybridized carbons (Fsp3) is 0.600. The number of nitrogens with zero attached hydrogens (tertiary/aromatic N) is 2. The minimum Gasteiger partial charge on any atom is -0.496 e. The van der Waals surface area contributed by atoms with Gasteiger partial charge in [0.1, 0.15) is 5.75 Å². The SMILES string of the molecule is COc1ccc(Cl)c(Cl)c1[C@@H]1CCN2C(=O)C(CN3CCCC3=O)OC[C@@H]2C1. The van der Waals surface area contributed by atoms with Gasteiger partial charge in [-0.25, -0.2) is 0 Å². The van der Waals surface area contributed by atoms with Crippen LogP contribution in [-0.4, -0.2) is 67.1 Å². The lowest BCUT2D eigenvalue weighted by Gasteiger charge is -2.45. The smallest absolute Gasteiger partial charge is 0.253 e. The van der Waals surface area contributed by atoms with E-state index >= 15 is 0 Å². The van der Waals surface area contributed by atoms with E-state index in [1.54, 1.807) is 18.1 Å². The van der Waals surface area contributed by atoms with Gasteiger partial charge in [0.25, 0.3) is 5.91 Å². The van der Waals surface area contributed by atoms with E-state index in [1.807, 2.05) is 11.0 Å². The molecule has 3 heterocycles. The molecule has 4 rings (SSSR count). The zero-order valence-electron chi connectivity index (χ0n) is 15.8. The van der Waals surface area contributed by atoms with E-state index in [4.69, 9.17) is 32.7 Å². The van der Waals surface area contributed by atoms with E-state index in [1.165, 1.54) is 0 Å². The number of carbonyl (C=O) groups excluding carboxylic acids is 2. The lowest BCUT2D eigenvalue weighted by atomic mass is 9.84. The summed E-state index contributed by atoms with van der Waals surface area (Å²) in [6.45, 7) is 2.17. The molecule has 1 unspecified atom stereocenters. The molecular formula is C20H24Cl2N2O4. The second-order valence-electron chi connectivity index (χ2n) is 7.65. The maximum Gasteiger partial charge on any atom is 0.253 e. The molecule has 2 amide bonds. The average molecular weight is 427 g/mol. The average Bonchev–Trinajstić information content (AvgIpc) is 3.10. The Morgan fingerprint density at radius 2 is 2.07 bits per heavy atom. The number of amides is 2. The van der Waals surface area contributed by atoms with Gasteiger partial charge in [0, 0.05) is 25.1 Å². The van der Waals surface area contributed by atoms with E-state index in [-0.39, 0.29) is 23.8 Å². The molecule has 0 bridgehead atoms. The number of fused-ring (bicyclic) bond motifs is 1. The van der Waals surface area contributed by atoms with Crippen LogP contribution in [0.25, 0.3) is 0 Å². The number of rotatable bonds is 4. The van der Waals surface area contributed by atoms with Crippen LogP contribution in [0.4, 0.5) is 0 Å². The van der Waals surface area contributed by atoms with Gasteiger partial charge in [0.15, 0.2) is 6.10 Å². The summed E-state index contributed by atoms with van der Waals surface area (Å²) in [5.74, 6) is 0.968. The lowest BCUT2D eigenvalue weighted by Crippen LogP contribution is -2.59. The largest absolute Gasteiger partial charge is 0.496 e. The minimum absolute atomic E-state index is 0.00321. The van der Waals surface area contributed by atoms with Crippen molar-refractivity contribution in [3.05, 3.63) is 27.7 Å². The first-order valence-electron chi connectivity index (χ1n) is 9.71. The van der Waals surface area contributed by atoms with Crippen LogP contribution in [0.1, 0.15) is 37.2 Å². The molecule has 28 heavy (non-hydrogen) atoms. The Morgan fingerprint density at radius 1 is 1.25 bits per heavy atom. The van der Waals surface area contributed by atoms with Gasteiger partial charge in [-0.15, -0.1) is 0 Å². The van der Waals surface area contributed by atoms with Crippen LogP contribution in [0.2, 0.25) is 10.0 Å². The molecule has 1 aromatic rings. The molecule has 0 spiro atoms. The number of morpholine rings is 1. The molecule has 3 atom stereocenters. The van der Waals surface area contributed by atoms with Gasteiger partial charge in [-0.05, 0) is 37.3 Å². The number of likely N-dealkylation sites (tertiary alicyclic amines) is 1. The molecule has 0 radical (unpaired) electrons. The summed E-state index contributed by atoms with van der Waals surface area (Å²) >= 11 is 12.7. The van der Waals surface area contributed by atoms with Crippen molar-refractivity contribution >= 4 is 35.0 Å². The number of piperidine rings is 1. The van der Waals surface area contributed by atoms with Crippen LogP contribution in [0.3, 0.4) is 0 Å². The highest BCUT2D eigenvalue weighted by atomic mass is 35.5. The summed E-state index contributed by atoms with van der Waals surface area (Å²) in [5.41, 5.74) is 0.911. The quantitative estimate of drug-likeness (QED) is 0.741. The van der Waals surface area contributed by atoms with Gasteiger partial charge < -0.3 is 19.3 Å². The second-order valence-corrected chi connectivity index (χ2v) is 8.43. The van der Waals surface area contributed by atoms with Crippen LogP contribution in [-0.2, 0) is 14.3 Å². The van der Waals surface area contributed by atoms with Crippen LogP contribution in [0.5, 0.6) is 5.75 Å². The third-order valence-corrected chi connectivity index (χ3v) is 6.86. The molecule has 0 aliphatic carbocycles. The van der Waals surface area contributed by atoms with Crippen molar-refractivity contribution in [3.8, 4) is 5.75 Å². The maximum atomic E-state index is 12.9. The number of hydrogen-bond acceptors (Lipinski definition) is 4. The van der Waals surface area contributed by atoms with Crippen molar-refractivity contribution in [1.82, 2.24) is 9.80 Å². The fourth-order valence-electron chi connectivity index (χ4n) is 4.58. The summed E-state index contributed by atoms with van der Waals surface area (Å²) in [6, 6.07) is 3.57. The third kappa shape index (κ3) is 3.58. The maximum absolute atomic E-state index is 12.9. The van der Waals surface area contributed by atoms with E-state index in [0.29, 0.717) is 42.7 Å². The molecule has 0 N–H and O–H groups in total. The molecular weight excluding hydrogens is 403 g/mol. The number of hydrogen-bond donors (Lipinski definition) is 0. The zero-order valence-corrected chi connectivity index (χ0v) is 17.3. The molecule has 6 nitrogen and oxygen atoms in total. The van der Waals surface area contributed by atoms with Gasteiger partial charge in [0.05, 0.1) is 36.3 Å². The highest BCUT2D eigenvalue weighted by Gasteiger charge is 2.42. The summed E-state index contributed by atoms with van der Waals surface area (Å²) in [7, 11) is 1.62. The first-order valence-corrected chi connectivity index (χ1v) is 10.5. The van der Waals surface area contributed by atoms with Gasteiger partial charge in [-0.1, -0.05) is 23.2 Å². The second kappa shape index (κ2) is 8.09. The monoisotopic (exact) mass is 426 g/mol. The first kappa shape index (κ1) is 19.8. The predicted molar refractivity (Wildman–Crippen MR) is 106 cm³/mol. The Hall–Kier alpha value is -1.50. The third-order valence-electron chi connectivity index (χ3n) is 6.04. The molecule has 0 saturated carbocycles. The topological polar surface area (TPSA) is 59.1 Å². The highest BCUT2D eigenvalue weighted by Crippen LogP contribution is 2.44. The summed E-state index contributed by atoms with van der Waals surface area (Å²) in [6.07, 6.45) is 2.40. The molecule has 8 heteroatoms. The number of halogens is 2. The van der Waals surface area contributed by atoms with Crippen molar-refractivity contribution in [2.24, 2.45) is 0 Å². The predicted octanol–water partition coefficient (Wildman–Crippen LogP) is 3.10. The Kier molecular flexibility index (Phi) is 5.72. The van der Waals surface area contributed by atoms with Crippen molar-refractivity contribution in [3.63, 3.8) is 0 Å². The molecule has 3 saturated heterocycles. The van der Waals surface area contributed by atoms with Gasteiger partial charge in [0.2, 0.25) is 5.91 Å². The van der Waals surface area contributed by atoms with Crippen LogP contribution < -0.4 is 4.74 Å². The zero-order chi connectivity index (χ0) is 19.8. The minimum atomic E-state index is -0.556. The van der Waals surface area contributed by atoms with Crippen LogP contribution in [0.15, 0.2) is 12.1 Å². The number of methoxy groups -OCH3 is 1. The normalized spacial score (nSPS) is 27.9. The molecule has 0 aromatic heterocycles. The standard InChI is InChI=1S/C20H24Cl2N2O4/c1-27-15-5-4-14(21)19(22)18(15)12-6-8-24-13(9-12)11-28-16(20(24)26)10-23-7-2-3-17(23)25/h4-5,12-13,16H,2-3,6-11H2,1H3/t12-,13+,16?/m1/s1. The number of benzene rings is 1. The van der Waals surface area contributed by atoms with Crippen LogP contribution >= 0.6 is 23.2 Å². The Balaban J connectivity index is 1.46. The number of carbonyl (C=O) groups is 2. The van der Waals surface area contributed by atoms with Crippen molar-refractivity contribution in [1.29, 1.82) is 0 Å². The summed E-state index contributed by atoms with van der Waals surface area (Å²) in [5, 5.41) is 1.03. The highest BCUT2D eigenvalue weighted by molar-refractivity contribution is 6.42. The number of ether oxygens (including phenoxy) is 2. The lowest BCUT2D eigenvalue weighted by molar-refractivity contribution is -0.164. The Labute approximate surface area is 174 Å². The molecule has 3 fully saturated rings. The molecule has 1 aromatic carbocycles.